The Hall–Kier alpha value is -0.910. The van der Waals surface area contributed by atoms with Crippen LogP contribution in [-0.2, 0) is 23.0 Å². The van der Waals surface area contributed by atoms with Crippen LogP contribution in [0.4, 0.5) is 0 Å². The molecule has 1 aromatic carbocycles. The summed E-state index contributed by atoms with van der Waals surface area (Å²) in [5.74, 6) is 0. The van der Waals surface area contributed by atoms with Crippen molar-refractivity contribution in [2.45, 2.75) is 57.0 Å². The second-order valence-electron chi connectivity index (χ2n) is 5.45. The number of nitrogens with two attached hydrogens (primary N) is 1. The maximum absolute atomic E-state index is 12.8. The zero-order chi connectivity index (χ0) is 14.8. The molecule has 0 amide bonds. The van der Waals surface area contributed by atoms with E-state index in [0.29, 0.717) is 18.0 Å². The number of hydrogen-bond acceptors (Lipinski definition) is 3. The van der Waals surface area contributed by atoms with E-state index >= 15 is 0 Å². The number of hydrogen-bond donors (Lipinski definition) is 1. The molecule has 0 aliphatic carbocycles. The molecule has 1 saturated heterocycles. The summed E-state index contributed by atoms with van der Waals surface area (Å²) < 4.78 is 27.1. The van der Waals surface area contributed by atoms with Crippen molar-refractivity contribution in [3.05, 3.63) is 29.3 Å². The molecule has 0 aromatic heterocycles. The van der Waals surface area contributed by atoms with Crippen molar-refractivity contribution in [2.24, 2.45) is 5.73 Å². The minimum atomic E-state index is -3.39. The Balaban J connectivity index is 2.38. The highest BCUT2D eigenvalue weighted by Gasteiger charge is 2.31. The van der Waals surface area contributed by atoms with Crippen LogP contribution in [0.2, 0.25) is 0 Å². The summed E-state index contributed by atoms with van der Waals surface area (Å²) in [5, 5.41) is 0. The van der Waals surface area contributed by atoms with Crippen molar-refractivity contribution < 1.29 is 8.42 Å². The van der Waals surface area contributed by atoms with Gasteiger partial charge in [0.2, 0.25) is 10.0 Å². The molecule has 20 heavy (non-hydrogen) atoms. The van der Waals surface area contributed by atoms with Gasteiger partial charge in [-0.2, -0.15) is 4.31 Å². The normalized spacial score (nSPS) is 21.1. The van der Waals surface area contributed by atoms with Gasteiger partial charge in [0, 0.05) is 19.1 Å². The molecule has 0 spiro atoms. The lowest BCUT2D eigenvalue weighted by atomic mass is 10.1. The summed E-state index contributed by atoms with van der Waals surface area (Å²) >= 11 is 0. The lowest BCUT2D eigenvalue weighted by Gasteiger charge is -2.32. The Morgan fingerprint density at radius 1 is 1.30 bits per heavy atom. The number of nitrogens with zero attached hydrogens (tertiary/aromatic N) is 1. The van der Waals surface area contributed by atoms with E-state index in [-0.39, 0.29) is 6.04 Å². The van der Waals surface area contributed by atoms with E-state index in [1.165, 1.54) is 0 Å². The maximum atomic E-state index is 12.8. The molecule has 1 aromatic rings. The van der Waals surface area contributed by atoms with Gasteiger partial charge in [-0.25, -0.2) is 8.42 Å². The van der Waals surface area contributed by atoms with E-state index in [4.69, 9.17) is 5.73 Å². The quantitative estimate of drug-likeness (QED) is 0.927. The first-order chi connectivity index (χ1) is 9.50. The zero-order valence-corrected chi connectivity index (χ0v) is 13.1. The molecule has 1 heterocycles. The molecule has 4 nitrogen and oxygen atoms in total. The van der Waals surface area contributed by atoms with E-state index < -0.39 is 10.0 Å². The highest BCUT2D eigenvalue weighted by atomic mass is 32.2. The van der Waals surface area contributed by atoms with Crippen molar-refractivity contribution in [3.8, 4) is 0 Å². The van der Waals surface area contributed by atoms with Crippen LogP contribution in [0.3, 0.4) is 0 Å². The van der Waals surface area contributed by atoms with Gasteiger partial charge < -0.3 is 5.73 Å². The van der Waals surface area contributed by atoms with Crippen LogP contribution in [0.5, 0.6) is 0 Å². The van der Waals surface area contributed by atoms with Crippen LogP contribution in [-0.4, -0.2) is 25.3 Å². The summed E-state index contributed by atoms with van der Waals surface area (Å²) in [7, 11) is -3.39. The van der Waals surface area contributed by atoms with Crippen molar-refractivity contribution in [3.63, 3.8) is 0 Å². The van der Waals surface area contributed by atoms with Crippen molar-refractivity contribution in [1.82, 2.24) is 4.31 Å². The van der Waals surface area contributed by atoms with E-state index in [1.54, 1.807) is 16.4 Å². The van der Waals surface area contributed by atoms with Gasteiger partial charge in [0.05, 0.1) is 4.90 Å². The van der Waals surface area contributed by atoms with Crippen molar-refractivity contribution in [2.75, 3.05) is 6.54 Å². The Morgan fingerprint density at radius 3 is 2.65 bits per heavy atom. The number of aryl methyl sites for hydroxylation is 1. The van der Waals surface area contributed by atoms with Crippen LogP contribution in [0.15, 0.2) is 23.1 Å². The molecular weight excluding hydrogens is 272 g/mol. The molecule has 1 fully saturated rings. The second kappa shape index (κ2) is 6.24. The summed E-state index contributed by atoms with van der Waals surface area (Å²) in [4.78, 5) is 0.379. The first-order valence-electron chi connectivity index (χ1n) is 7.34. The first kappa shape index (κ1) is 15.5. The van der Waals surface area contributed by atoms with Gasteiger partial charge in [0.25, 0.3) is 0 Å². The Bertz CT molecular complexity index is 569. The van der Waals surface area contributed by atoms with Crippen LogP contribution >= 0.6 is 0 Å². The summed E-state index contributed by atoms with van der Waals surface area (Å²) in [6.45, 7) is 5.04. The fourth-order valence-corrected chi connectivity index (χ4v) is 4.61. The maximum Gasteiger partial charge on any atom is 0.243 e. The molecule has 1 aliphatic rings. The van der Waals surface area contributed by atoms with Gasteiger partial charge in [0.1, 0.15) is 0 Å². The van der Waals surface area contributed by atoms with Gasteiger partial charge in [-0.15, -0.1) is 0 Å². The fourth-order valence-electron chi connectivity index (χ4n) is 2.86. The standard InChI is InChI=1S/C15H24N2O2S/c1-3-13-7-8-15(10-14(13)11-16)20(18,19)17-9-5-4-6-12(17)2/h7-8,10,12H,3-6,9,11,16H2,1-2H3. The molecule has 2 rings (SSSR count). The molecule has 0 radical (unpaired) electrons. The average molecular weight is 296 g/mol. The van der Waals surface area contributed by atoms with E-state index in [9.17, 15) is 8.42 Å². The lowest BCUT2D eigenvalue weighted by molar-refractivity contribution is 0.268. The van der Waals surface area contributed by atoms with Gasteiger partial charge in [-0.1, -0.05) is 19.4 Å². The highest BCUT2D eigenvalue weighted by molar-refractivity contribution is 7.89. The predicted octanol–water partition coefficient (Wildman–Crippen LogP) is 2.27. The molecule has 112 valence electrons. The largest absolute Gasteiger partial charge is 0.326 e. The number of sulfonamides is 1. The Kier molecular flexibility index (Phi) is 4.83. The Morgan fingerprint density at radius 2 is 2.05 bits per heavy atom. The average Bonchev–Trinajstić information content (AvgIpc) is 2.46. The van der Waals surface area contributed by atoms with E-state index in [0.717, 1.165) is 36.8 Å². The molecule has 1 aliphatic heterocycles. The van der Waals surface area contributed by atoms with Gasteiger partial charge in [0.15, 0.2) is 0 Å². The van der Waals surface area contributed by atoms with Crippen LogP contribution < -0.4 is 5.73 Å². The minimum Gasteiger partial charge on any atom is -0.326 e. The molecule has 0 bridgehead atoms. The fraction of sp³-hybridized carbons (Fsp3) is 0.600. The highest BCUT2D eigenvalue weighted by Crippen LogP contribution is 2.26. The summed E-state index contributed by atoms with van der Waals surface area (Å²) in [5.41, 5.74) is 7.79. The SMILES string of the molecule is CCc1ccc(S(=O)(=O)N2CCCCC2C)cc1CN. The molecule has 2 N–H and O–H groups in total. The first-order valence-corrected chi connectivity index (χ1v) is 8.78. The topological polar surface area (TPSA) is 63.4 Å². The van der Waals surface area contributed by atoms with Crippen molar-refractivity contribution >= 4 is 10.0 Å². The number of piperidine rings is 1. The lowest BCUT2D eigenvalue weighted by Crippen LogP contribution is -2.41. The second-order valence-corrected chi connectivity index (χ2v) is 7.34. The number of rotatable bonds is 4. The predicted molar refractivity (Wildman–Crippen MR) is 80.9 cm³/mol. The van der Waals surface area contributed by atoms with E-state index in [2.05, 4.69) is 6.92 Å². The van der Waals surface area contributed by atoms with E-state index in [1.807, 2.05) is 13.0 Å². The molecule has 5 heteroatoms. The zero-order valence-electron chi connectivity index (χ0n) is 12.3. The van der Waals surface area contributed by atoms with Crippen LogP contribution in [0, 0.1) is 0 Å². The molecule has 1 atom stereocenters. The van der Waals surface area contributed by atoms with Crippen LogP contribution in [0.25, 0.3) is 0 Å². The van der Waals surface area contributed by atoms with Crippen LogP contribution in [0.1, 0.15) is 44.2 Å². The van der Waals surface area contributed by atoms with Gasteiger partial charge in [-0.05, 0) is 49.4 Å². The third-order valence-electron chi connectivity index (χ3n) is 4.13. The van der Waals surface area contributed by atoms with Gasteiger partial charge in [-0.3, -0.25) is 0 Å². The molecule has 0 saturated carbocycles. The smallest absolute Gasteiger partial charge is 0.243 e. The number of benzene rings is 1. The van der Waals surface area contributed by atoms with Gasteiger partial charge >= 0.3 is 0 Å². The monoisotopic (exact) mass is 296 g/mol. The minimum absolute atomic E-state index is 0.0842. The summed E-state index contributed by atoms with van der Waals surface area (Å²) in [6, 6.07) is 5.44. The molecular formula is C15H24N2O2S. The third-order valence-corrected chi connectivity index (χ3v) is 6.14. The molecule has 1 unspecified atom stereocenters. The third kappa shape index (κ3) is 2.90. The van der Waals surface area contributed by atoms with Crippen molar-refractivity contribution in [1.29, 1.82) is 0 Å². The Labute approximate surface area is 122 Å². The summed E-state index contributed by atoms with van der Waals surface area (Å²) in [6.07, 6.45) is 3.86.